The van der Waals surface area contributed by atoms with Crippen LogP contribution in [0.3, 0.4) is 0 Å². The van der Waals surface area contributed by atoms with Gasteiger partial charge < -0.3 is 16.4 Å². The number of anilines is 3. The summed E-state index contributed by atoms with van der Waals surface area (Å²) in [4.78, 5) is -0.218. The Kier molecular flexibility index (Phi) is 5.15. The summed E-state index contributed by atoms with van der Waals surface area (Å²) < 4.78 is 13.6. The smallest absolute Gasteiger partial charge is 0.146 e. The lowest BCUT2D eigenvalue weighted by molar-refractivity contribution is 0.632. The van der Waals surface area contributed by atoms with Crippen molar-refractivity contribution in [1.82, 2.24) is 0 Å². The van der Waals surface area contributed by atoms with Crippen molar-refractivity contribution >= 4 is 46.0 Å². The first-order valence-electron chi connectivity index (χ1n) is 8.55. The summed E-state index contributed by atoms with van der Waals surface area (Å²) in [5.74, 6) is -0.206. The molecule has 6 heteroatoms. The molecule has 2 aromatic rings. The van der Waals surface area contributed by atoms with Crippen LogP contribution in [0.25, 0.3) is 5.70 Å². The van der Waals surface area contributed by atoms with E-state index < -0.39 is 5.82 Å². The maximum atomic E-state index is 13.6. The summed E-state index contributed by atoms with van der Waals surface area (Å²) in [5.41, 5.74) is 10.2. The highest BCUT2D eigenvalue weighted by Gasteiger charge is 2.50. The number of nitrogens with two attached hydrogens (primary N) is 1. The van der Waals surface area contributed by atoms with Gasteiger partial charge >= 0.3 is 0 Å². The molecule has 1 saturated carbocycles. The first kappa shape index (κ1) is 19.6. The summed E-state index contributed by atoms with van der Waals surface area (Å²) >= 11 is 12.7. The second-order valence-electron chi connectivity index (χ2n) is 7.12. The standard InChI is InChI=1S/C21H22Cl2FN3/c1-11-19(8-7-18(24)20(11)25)27-12(2)15-9-14(5-6-17(15)22)26-13(3)16-10-21(16,4)23/h5-9,16,26-27H,2-3,10,25H2,1,4H3. The lowest BCUT2D eigenvalue weighted by Gasteiger charge is -2.17. The molecule has 1 aliphatic carbocycles. The van der Waals surface area contributed by atoms with E-state index in [9.17, 15) is 4.39 Å². The third-order valence-electron chi connectivity index (χ3n) is 4.93. The van der Waals surface area contributed by atoms with Crippen LogP contribution < -0.4 is 16.4 Å². The van der Waals surface area contributed by atoms with Crippen LogP contribution in [-0.4, -0.2) is 4.87 Å². The third kappa shape index (κ3) is 4.07. The number of nitrogens with one attached hydrogen (secondary N) is 2. The third-order valence-corrected chi connectivity index (χ3v) is 5.68. The van der Waals surface area contributed by atoms with Crippen LogP contribution >= 0.6 is 23.2 Å². The largest absolute Gasteiger partial charge is 0.396 e. The number of halogens is 3. The van der Waals surface area contributed by atoms with Gasteiger partial charge in [0.05, 0.1) is 15.6 Å². The van der Waals surface area contributed by atoms with Crippen molar-refractivity contribution in [3.63, 3.8) is 0 Å². The minimum atomic E-state index is -0.447. The van der Waals surface area contributed by atoms with Gasteiger partial charge in [-0.15, -0.1) is 11.6 Å². The zero-order valence-corrected chi connectivity index (χ0v) is 16.8. The Morgan fingerprint density at radius 3 is 2.56 bits per heavy atom. The fourth-order valence-corrected chi connectivity index (χ4v) is 3.51. The van der Waals surface area contributed by atoms with Crippen molar-refractivity contribution in [3.8, 4) is 0 Å². The van der Waals surface area contributed by atoms with Crippen molar-refractivity contribution in [3.05, 3.63) is 71.2 Å². The highest BCUT2D eigenvalue weighted by molar-refractivity contribution is 6.32. The molecule has 27 heavy (non-hydrogen) atoms. The van der Waals surface area contributed by atoms with Crippen LogP contribution in [0.1, 0.15) is 24.5 Å². The highest BCUT2D eigenvalue weighted by Crippen LogP contribution is 2.52. The molecule has 4 N–H and O–H groups in total. The van der Waals surface area contributed by atoms with E-state index in [1.807, 2.05) is 19.1 Å². The van der Waals surface area contributed by atoms with Crippen LogP contribution in [0, 0.1) is 18.7 Å². The lowest BCUT2D eigenvalue weighted by Crippen LogP contribution is -2.07. The average Bonchev–Trinajstić information content (AvgIpc) is 3.25. The quantitative estimate of drug-likeness (QED) is 0.385. The summed E-state index contributed by atoms with van der Waals surface area (Å²) in [6.07, 6.45) is 0.903. The molecule has 0 aliphatic heterocycles. The maximum Gasteiger partial charge on any atom is 0.146 e. The van der Waals surface area contributed by atoms with E-state index in [2.05, 4.69) is 23.8 Å². The van der Waals surface area contributed by atoms with Crippen molar-refractivity contribution in [2.24, 2.45) is 5.92 Å². The number of hydrogen-bond donors (Lipinski definition) is 3. The Bertz CT molecular complexity index is 937. The van der Waals surface area contributed by atoms with Gasteiger partial charge in [-0.25, -0.2) is 4.39 Å². The molecule has 0 spiro atoms. The lowest BCUT2D eigenvalue weighted by atomic mass is 10.1. The van der Waals surface area contributed by atoms with E-state index in [1.54, 1.807) is 19.1 Å². The van der Waals surface area contributed by atoms with Crippen LogP contribution in [0.2, 0.25) is 5.02 Å². The Morgan fingerprint density at radius 2 is 1.93 bits per heavy atom. The summed E-state index contributed by atoms with van der Waals surface area (Å²) in [6.45, 7) is 11.9. The first-order valence-corrected chi connectivity index (χ1v) is 9.31. The van der Waals surface area contributed by atoms with Gasteiger partial charge in [-0.2, -0.15) is 0 Å². The molecule has 1 fully saturated rings. The van der Waals surface area contributed by atoms with Crippen molar-refractivity contribution in [2.75, 3.05) is 16.4 Å². The van der Waals surface area contributed by atoms with Gasteiger partial charge in [0.25, 0.3) is 0 Å². The average molecular weight is 406 g/mol. The van der Waals surface area contributed by atoms with Gasteiger partial charge in [0.2, 0.25) is 0 Å². The van der Waals surface area contributed by atoms with E-state index in [-0.39, 0.29) is 16.5 Å². The molecular weight excluding hydrogens is 384 g/mol. The number of hydrogen-bond acceptors (Lipinski definition) is 3. The van der Waals surface area contributed by atoms with E-state index in [0.717, 1.165) is 23.4 Å². The predicted octanol–water partition coefficient (Wildman–Crippen LogP) is 6.40. The van der Waals surface area contributed by atoms with Gasteiger partial charge in [0, 0.05) is 34.3 Å². The molecule has 142 valence electrons. The van der Waals surface area contributed by atoms with E-state index >= 15 is 0 Å². The molecule has 0 heterocycles. The molecule has 3 rings (SSSR count). The topological polar surface area (TPSA) is 50.1 Å². The van der Waals surface area contributed by atoms with Crippen molar-refractivity contribution in [2.45, 2.75) is 25.1 Å². The van der Waals surface area contributed by atoms with Gasteiger partial charge in [0.1, 0.15) is 5.82 Å². The summed E-state index contributed by atoms with van der Waals surface area (Å²) in [7, 11) is 0. The Labute approximate surface area is 169 Å². The Hall–Kier alpha value is -2.17. The molecule has 0 aromatic heterocycles. The minimum absolute atomic E-state index is 0.110. The molecule has 3 nitrogen and oxygen atoms in total. The number of alkyl halides is 1. The highest BCUT2D eigenvalue weighted by atomic mass is 35.5. The number of benzene rings is 2. The molecule has 1 aliphatic rings. The molecule has 0 amide bonds. The molecule has 0 radical (unpaired) electrons. The van der Waals surface area contributed by atoms with E-state index in [0.29, 0.717) is 22.0 Å². The van der Waals surface area contributed by atoms with Crippen LogP contribution in [-0.2, 0) is 0 Å². The molecular formula is C21H22Cl2FN3. The van der Waals surface area contributed by atoms with Crippen LogP contribution in [0.4, 0.5) is 21.5 Å². The molecule has 2 aromatic carbocycles. The van der Waals surface area contributed by atoms with Gasteiger partial charge in [0.15, 0.2) is 0 Å². The van der Waals surface area contributed by atoms with E-state index in [1.165, 1.54) is 6.07 Å². The molecule has 2 unspecified atom stereocenters. The Balaban J connectivity index is 1.79. The summed E-state index contributed by atoms with van der Waals surface area (Å²) in [5, 5.41) is 7.01. The fourth-order valence-electron chi connectivity index (χ4n) is 2.99. The van der Waals surface area contributed by atoms with Crippen molar-refractivity contribution in [1.29, 1.82) is 0 Å². The van der Waals surface area contributed by atoms with Gasteiger partial charge in [-0.05, 0) is 56.2 Å². The van der Waals surface area contributed by atoms with Crippen molar-refractivity contribution < 1.29 is 4.39 Å². The van der Waals surface area contributed by atoms with Gasteiger partial charge in [-0.1, -0.05) is 24.8 Å². The predicted molar refractivity (Wildman–Crippen MR) is 115 cm³/mol. The molecule has 0 bridgehead atoms. The maximum absolute atomic E-state index is 13.6. The van der Waals surface area contributed by atoms with Crippen LogP contribution in [0.5, 0.6) is 0 Å². The molecule has 2 atom stereocenters. The van der Waals surface area contributed by atoms with Gasteiger partial charge in [-0.3, -0.25) is 0 Å². The first-order chi connectivity index (χ1) is 12.6. The summed E-state index contributed by atoms with van der Waals surface area (Å²) in [6, 6.07) is 8.50. The van der Waals surface area contributed by atoms with E-state index in [4.69, 9.17) is 28.9 Å². The fraction of sp³-hybridized carbons (Fsp3) is 0.238. The Morgan fingerprint density at radius 1 is 1.26 bits per heavy atom. The van der Waals surface area contributed by atoms with Crippen LogP contribution in [0.15, 0.2) is 49.2 Å². The number of allylic oxidation sites excluding steroid dienone is 1. The zero-order chi connectivity index (χ0) is 19.9. The number of rotatable bonds is 6. The zero-order valence-electron chi connectivity index (χ0n) is 15.3. The normalized spacial score (nSPS) is 20.9. The second kappa shape index (κ2) is 7.10. The number of nitrogen functional groups attached to an aromatic ring is 1. The second-order valence-corrected chi connectivity index (χ2v) is 8.39. The monoisotopic (exact) mass is 405 g/mol. The SMILES string of the molecule is C=C(Nc1ccc(F)c(N)c1C)c1cc(NC(=C)C2CC2(C)Cl)ccc1Cl. The minimum Gasteiger partial charge on any atom is -0.396 e. The molecule has 0 saturated heterocycles.